The molecule has 0 aliphatic carbocycles. The smallest absolute Gasteiger partial charge is 0.326 e. The van der Waals surface area contributed by atoms with Gasteiger partial charge in [0, 0.05) is 18.9 Å². The number of hydrogen-bond acceptors (Lipinski definition) is 3. The lowest BCUT2D eigenvalue weighted by atomic mass is 10.3. The molecule has 1 aromatic heterocycles. The van der Waals surface area contributed by atoms with Gasteiger partial charge < -0.3 is 10.1 Å². The van der Waals surface area contributed by atoms with Crippen molar-refractivity contribution in [2.45, 2.75) is 6.42 Å². The van der Waals surface area contributed by atoms with E-state index < -0.39 is 0 Å². The summed E-state index contributed by atoms with van der Waals surface area (Å²) >= 11 is 0. The van der Waals surface area contributed by atoms with Crippen LogP contribution >= 0.6 is 0 Å². The van der Waals surface area contributed by atoms with Crippen molar-refractivity contribution in [3.05, 3.63) is 49.1 Å². The van der Waals surface area contributed by atoms with E-state index >= 15 is 0 Å². The van der Waals surface area contributed by atoms with E-state index in [4.69, 9.17) is 4.74 Å². The van der Waals surface area contributed by atoms with Crippen molar-refractivity contribution in [2.24, 2.45) is 0 Å². The number of benzene rings is 1. The third-order valence-electron chi connectivity index (χ3n) is 2.35. The molecule has 0 radical (unpaired) electrons. The van der Waals surface area contributed by atoms with Crippen LogP contribution in [-0.2, 0) is 0 Å². The minimum atomic E-state index is -0.174. The number of carbonyl (C=O) groups excluding carboxylic acids is 1. The summed E-state index contributed by atoms with van der Waals surface area (Å²) in [5.74, 6) is 0.846. The van der Waals surface area contributed by atoms with Gasteiger partial charge in [-0.15, -0.1) is 0 Å². The fourth-order valence-electron chi connectivity index (χ4n) is 1.44. The lowest BCUT2D eigenvalue weighted by Crippen LogP contribution is -2.29. The molecule has 94 valence electrons. The molecule has 18 heavy (non-hydrogen) atoms. The molecule has 1 amide bonds. The Kier molecular flexibility index (Phi) is 4.35. The van der Waals surface area contributed by atoms with Crippen LogP contribution in [0.3, 0.4) is 0 Å². The molecule has 5 heteroatoms. The number of hydrogen-bond donors (Lipinski definition) is 1. The van der Waals surface area contributed by atoms with Gasteiger partial charge in [-0.1, -0.05) is 18.2 Å². The van der Waals surface area contributed by atoms with Gasteiger partial charge in [0.25, 0.3) is 0 Å². The van der Waals surface area contributed by atoms with Crippen LogP contribution in [0.4, 0.5) is 4.79 Å². The molecule has 2 aromatic rings. The van der Waals surface area contributed by atoms with Crippen molar-refractivity contribution in [3.63, 3.8) is 0 Å². The van der Waals surface area contributed by atoms with Gasteiger partial charge >= 0.3 is 6.03 Å². The van der Waals surface area contributed by atoms with Gasteiger partial charge in [-0.2, -0.15) is 0 Å². The van der Waals surface area contributed by atoms with Crippen LogP contribution in [0.15, 0.2) is 49.1 Å². The van der Waals surface area contributed by atoms with E-state index in [-0.39, 0.29) is 6.03 Å². The fraction of sp³-hybridized carbons (Fsp3) is 0.231. The number of nitrogens with zero attached hydrogens (tertiary/aromatic N) is 2. The third kappa shape index (κ3) is 3.62. The molecule has 0 aliphatic heterocycles. The zero-order valence-electron chi connectivity index (χ0n) is 9.95. The molecule has 1 N–H and O–H groups in total. The van der Waals surface area contributed by atoms with Crippen LogP contribution in [0.5, 0.6) is 5.75 Å². The van der Waals surface area contributed by atoms with Crippen molar-refractivity contribution in [3.8, 4) is 5.75 Å². The maximum atomic E-state index is 11.5. The number of aromatic nitrogens is 2. The molecular weight excluding hydrogens is 230 g/mol. The van der Waals surface area contributed by atoms with Crippen molar-refractivity contribution >= 4 is 6.03 Å². The predicted octanol–water partition coefficient (Wildman–Crippen LogP) is 1.91. The molecule has 0 saturated carbocycles. The number of ether oxygens (including phenoxy) is 1. The van der Waals surface area contributed by atoms with E-state index in [1.54, 1.807) is 12.4 Å². The quantitative estimate of drug-likeness (QED) is 0.819. The molecule has 1 heterocycles. The first kappa shape index (κ1) is 12.2. The zero-order chi connectivity index (χ0) is 12.6. The first-order chi connectivity index (χ1) is 8.86. The summed E-state index contributed by atoms with van der Waals surface area (Å²) in [5.41, 5.74) is 0. The highest BCUT2D eigenvalue weighted by molar-refractivity contribution is 5.76. The molecule has 5 nitrogen and oxygen atoms in total. The van der Waals surface area contributed by atoms with E-state index in [0.717, 1.165) is 12.2 Å². The van der Waals surface area contributed by atoms with Crippen LogP contribution in [0.25, 0.3) is 0 Å². The molecule has 0 saturated heterocycles. The zero-order valence-corrected chi connectivity index (χ0v) is 9.95. The molecule has 0 unspecified atom stereocenters. The topological polar surface area (TPSA) is 56.1 Å². The second-order valence-corrected chi connectivity index (χ2v) is 3.72. The molecule has 2 rings (SSSR count). The van der Waals surface area contributed by atoms with Crippen LogP contribution in [0.2, 0.25) is 0 Å². The van der Waals surface area contributed by atoms with Gasteiger partial charge in [0.2, 0.25) is 0 Å². The lowest BCUT2D eigenvalue weighted by molar-refractivity contribution is 0.240. The molecule has 0 fully saturated rings. The Hall–Kier alpha value is -2.30. The van der Waals surface area contributed by atoms with Gasteiger partial charge in [0.1, 0.15) is 12.1 Å². The predicted molar refractivity (Wildman–Crippen MR) is 67.6 cm³/mol. The largest absolute Gasteiger partial charge is 0.494 e. The summed E-state index contributed by atoms with van der Waals surface area (Å²) in [6.07, 6.45) is 5.40. The first-order valence-corrected chi connectivity index (χ1v) is 5.80. The van der Waals surface area contributed by atoms with Gasteiger partial charge in [-0.25, -0.2) is 9.78 Å². The highest BCUT2D eigenvalue weighted by Crippen LogP contribution is 2.07. The summed E-state index contributed by atoms with van der Waals surface area (Å²) < 4.78 is 6.91. The highest BCUT2D eigenvalue weighted by atomic mass is 16.5. The monoisotopic (exact) mass is 245 g/mol. The van der Waals surface area contributed by atoms with Crippen molar-refractivity contribution in [1.29, 1.82) is 0 Å². The number of carbonyl (C=O) groups is 1. The van der Waals surface area contributed by atoms with Gasteiger partial charge in [0.15, 0.2) is 0 Å². The fourth-order valence-corrected chi connectivity index (χ4v) is 1.44. The number of nitrogens with one attached hydrogen (secondary N) is 1. The first-order valence-electron chi connectivity index (χ1n) is 5.80. The van der Waals surface area contributed by atoms with E-state index in [1.165, 1.54) is 10.9 Å². The summed E-state index contributed by atoms with van der Waals surface area (Å²) in [4.78, 5) is 15.3. The summed E-state index contributed by atoms with van der Waals surface area (Å²) in [6, 6.07) is 9.44. The minimum Gasteiger partial charge on any atom is -0.494 e. The molecular formula is C13H15N3O2. The number of para-hydroxylation sites is 1. The second kappa shape index (κ2) is 6.44. The van der Waals surface area contributed by atoms with E-state index in [0.29, 0.717) is 13.2 Å². The normalized spacial score (nSPS) is 10.0. The molecule has 0 bridgehead atoms. The van der Waals surface area contributed by atoms with Crippen molar-refractivity contribution < 1.29 is 9.53 Å². The maximum absolute atomic E-state index is 11.5. The SMILES string of the molecule is O=C(NCCCOc1ccccc1)n1ccnc1. The van der Waals surface area contributed by atoms with E-state index in [9.17, 15) is 4.79 Å². The standard InChI is InChI=1S/C13H15N3O2/c17-13(16-9-8-14-11-16)15-7-4-10-18-12-5-2-1-3-6-12/h1-3,5-6,8-9,11H,4,7,10H2,(H,15,17). The van der Waals surface area contributed by atoms with Crippen molar-refractivity contribution in [1.82, 2.24) is 14.9 Å². The Labute approximate surface area is 105 Å². The summed E-state index contributed by atoms with van der Waals surface area (Å²) in [5, 5.41) is 2.78. The summed E-state index contributed by atoms with van der Waals surface area (Å²) in [7, 11) is 0. The van der Waals surface area contributed by atoms with Crippen LogP contribution in [0, 0.1) is 0 Å². The van der Waals surface area contributed by atoms with Crippen LogP contribution < -0.4 is 10.1 Å². The highest BCUT2D eigenvalue weighted by Gasteiger charge is 2.01. The number of imidazole rings is 1. The average molecular weight is 245 g/mol. The van der Waals surface area contributed by atoms with Gasteiger partial charge in [0.05, 0.1) is 6.61 Å². The second-order valence-electron chi connectivity index (χ2n) is 3.72. The third-order valence-corrected chi connectivity index (χ3v) is 2.35. The van der Waals surface area contributed by atoms with E-state index in [2.05, 4.69) is 10.3 Å². The van der Waals surface area contributed by atoms with Crippen LogP contribution in [-0.4, -0.2) is 28.7 Å². The summed E-state index contributed by atoms with van der Waals surface area (Å²) in [6.45, 7) is 1.15. The Morgan fingerprint density at radius 1 is 1.33 bits per heavy atom. The Morgan fingerprint density at radius 3 is 2.89 bits per heavy atom. The maximum Gasteiger partial charge on any atom is 0.326 e. The molecule has 0 spiro atoms. The lowest BCUT2D eigenvalue weighted by Gasteiger charge is -2.07. The molecule has 0 atom stereocenters. The molecule has 0 aliphatic rings. The Balaban J connectivity index is 1.61. The van der Waals surface area contributed by atoms with Gasteiger partial charge in [-0.3, -0.25) is 4.57 Å². The minimum absolute atomic E-state index is 0.174. The average Bonchev–Trinajstić information content (AvgIpc) is 2.93. The van der Waals surface area contributed by atoms with Crippen LogP contribution in [0.1, 0.15) is 6.42 Å². The Bertz CT molecular complexity index is 468. The van der Waals surface area contributed by atoms with E-state index in [1.807, 2.05) is 30.3 Å². The van der Waals surface area contributed by atoms with Crippen molar-refractivity contribution in [2.75, 3.05) is 13.2 Å². The number of rotatable bonds is 5. The number of amides is 1. The molecule has 1 aromatic carbocycles. The Morgan fingerprint density at radius 2 is 2.17 bits per heavy atom. The van der Waals surface area contributed by atoms with Gasteiger partial charge in [-0.05, 0) is 18.6 Å².